The minimum Gasteiger partial charge on any atom is -0.340 e. The summed E-state index contributed by atoms with van der Waals surface area (Å²) in [5, 5.41) is 7.39. The van der Waals surface area contributed by atoms with Gasteiger partial charge in [0, 0.05) is 28.4 Å². The molecule has 4 rings (SSSR count). The van der Waals surface area contributed by atoms with Crippen LogP contribution in [0.2, 0.25) is 0 Å². The first kappa shape index (κ1) is 20.5. The fourth-order valence-electron chi connectivity index (χ4n) is 2.80. The summed E-state index contributed by atoms with van der Waals surface area (Å²) in [6.45, 7) is 0. The Morgan fingerprint density at radius 3 is 2.48 bits per heavy atom. The average Bonchev–Trinajstić information content (AvgIpc) is 3.23. The normalized spacial score (nSPS) is 11.2. The Bertz CT molecular complexity index is 1190. The molecule has 0 unspecified atom stereocenters. The van der Waals surface area contributed by atoms with Crippen LogP contribution < -0.4 is 10.6 Å². The van der Waals surface area contributed by atoms with Crippen LogP contribution in [0, 0.1) is 0 Å². The average molecular weight is 441 g/mol. The van der Waals surface area contributed by atoms with Crippen LogP contribution in [-0.2, 0) is 6.18 Å². The van der Waals surface area contributed by atoms with E-state index in [0.29, 0.717) is 11.4 Å². The quantitative estimate of drug-likeness (QED) is 0.421. The van der Waals surface area contributed by atoms with E-state index in [9.17, 15) is 18.0 Å². The summed E-state index contributed by atoms with van der Waals surface area (Å²) in [6, 6.07) is 13.6. The Kier molecular flexibility index (Phi) is 5.63. The van der Waals surface area contributed by atoms with Crippen LogP contribution in [0.4, 0.5) is 29.8 Å². The van der Waals surface area contributed by atoms with Crippen molar-refractivity contribution in [3.05, 3.63) is 83.6 Å². The Morgan fingerprint density at radius 2 is 1.77 bits per heavy atom. The fourth-order valence-corrected chi connectivity index (χ4v) is 3.50. The van der Waals surface area contributed by atoms with E-state index < -0.39 is 17.6 Å². The van der Waals surface area contributed by atoms with E-state index in [1.165, 1.54) is 29.9 Å². The number of hydrogen-bond acceptors (Lipinski definition) is 6. The summed E-state index contributed by atoms with van der Waals surface area (Å²) in [6.07, 6.45) is -1.47. The summed E-state index contributed by atoms with van der Waals surface area (Å²) < 4.78 is 39.7. The first-order valence-corrected chi connectivity index (χ1v) is 9.85. The van der Waals surface area contributed by atoms with Gasteiger partial charge in [0.15, 0.2) is 5.13 Å². The topological polar surface area (TPSA) is 79.8 Å². The van der Waals surface area contributed by atoms with Crippen molar-refractivity contribution in [3.63, 3.8) is 0 Å². The molecular formula is C21H14F3N5OS. The standard InChI is InChI=1S/C21H14F3N5OS/c22-21(23,24)16-4-2-1-3-15(16)17-11-31-20(28-17)29-19(30)13-5-7-14(8-6-13)27-18-9-10-25-12-26-18/h1-12H,(H,25,26,27)(H,28,29,30). The van der Waals surface area contributed by atoms with Crippen molar-refractivity contribution in [2.45, 2.75) is 6.18 Å². The van der Waals surface area contributed by atoms with Gasteiger partial charge in [-0.1, -0.05) is 18.2 Å². The minimum atomic E-state index is -4.49. The van der Waals surface area contributed by atoms with Gasteiger partial charge in [-0.25, -0.2) is 15.0 Å². The molecule has 4 aromatic rings. The molecule has 1 amide bonds. The van der Waals surface area contributed by atoms with Gasteiger partial charge in [-0.2, -0.15) is 13.2 Å². The molecule has 0 fully saturated rings. The Balaban J connectivity index is 1.46. The highest BCUT2D eigenvalue weighted by Gasteiger charge is 2.33. The number of carbonyl (C=O) groups excluding carboxylic acids is 1. The SMILES string of the molecule is O=C(Nc1nc(-c2ccccc2C(F)(F)F)cs1)c1ccc(Nc2ccncn2)cc1. The van der Waals surface area contributed by atoms with Crippen LogP contribution in [0.1, 0.15) is 15.9 Å². The first-order valence-electron chi connectivity index (χ1n) is 8.97. The van der Waals surface area contributed by atoms with Gasteiger partial charge in [-0.15, -0.1) is 11.3 Å². The highest BCUT2D eigenvalue weighted by atomic mass is 32.1. The smallest absolute Gasteiger partial charge is 0.340 e. The number of hydrogen-bond donors (Lipinski definition) is 2. The molecule has 2 aromatic heterocycles. The number of rotatable bonds is 5. The summed E-state index contributed by atoms with van der Waals surface area (Å²) in [5.74, 6) is 0.195. The summed E-state index contributed by atoms with van der Waals surface area (Å²) in [5.41, 5.74) is 0.450. The van der Waals surface area contributed by atoms with Gasteiger partial charge in [0.05, 0.1) is 11.3 Å². The molecule has 0 aliphatic carbocycles. The maximum Gasteiger partial charge on any atom is 0.417 e. The van der Waals surface area contributed by atoms with Gasteiger partial charge in [0.2, 0.25) is 0 Å². The molecule has 0 bridgehead atoms. The predicted octanol–water partition coefficient (Wildman–Crippen LogP) is 5.61. The van der Waals surface area contributed by atoms with Gasteiger partial charge in [-0.3, -0.25) is 10.1 Å². The Labute approximate surface area is 178 Å². The van der Waals surface area contributed by atoms with Crippen LogP contribution >= 0.6 is 11.3 Å². The minimum absolute atomic E-state index is 0.0353. The highest BCUT2D eigenvalue weighted by Crippen LogP contribution is 2.37. The maximum atomic E-state index is 13.2. The number of benzene rings is 2. The second kappa shape index (κ2) is 8.52. The number of nitrogens with one attached hydrogen (secondary N) is 2. The second-order valence-corrected chi connectivity index (χ2v) is 7.19. The van der Waals surface area contributed by atoms with Crippen molar-refractivity contribution in [2.24, 2.45) is 0 Å². The molecule has 31 heavy (non-hydrogen) atoms. The van der Waals surface area contributed by atoms with Crippen LogP contribution in [0.3, 0.4) is 0 Å². The van der Waals surface area contributed by atoms with E-state index >= 15 is 0 Å². The highest BCUT2D eigenvalue weighted by molar-refractivity contribution is 7.14. The summed E-state index contributed by atoms with van der Waals surface area (Å²) in [7, 11) is 0. The van der Waals surface area contributed by atoms with Crippen molar-refractivity contribution in [1.82, 2.24) is 15.0 Å². The molecule has 0 aliphatic heterocycles. The van der Waals surface area contributed by atoms with Gasteiger partial charge in [0.1, 0.15) is 12.1 Å². The van der Waals surface area contributed by atoms with Crippen LogP contribution in [0.5, 0.6) is 0 Å². The molecule has 2 aromatic carbocycles. The molecule has 0 radical (unpaired) electrons. The number of anilines is 3. The number of halogens is 3. The molecule has 0 saturated heterocycles. The van der Waals surface area contributed by atoms with E-state index in [1.54, 1.807) is 36.5 Å². The Hall–Kier alpha value is -3.79. The van der Waals surface area contributed by atoms with E-state index in [-0.39, 0.29) is 16.4 Å². The molecule has 2 N–H and O–H groups in total. The molecule has 0 saturated carbocycles. The lowest BCUT2D eigenvalue weighted by Crippen LogP contribution is -2.11. The zero-order chi connectivity index (χ0) is 21.8. The largest absolute Gasteiger partial charge is 0.417 e. The molecular weight excluding hydrogens is 427 g/mol. The van der Waals surface area contributed by atoms with Crippen molar-refractivity contribution in [1.29, 1.82) is 0 Å². The predicted molar refractivity (Wildman–Crippen MR) is 112 cm³/mol. The van der Waals surface area contributed by atoms with Crippen molar-refractivity contribution in [2.75, 3.05) is 10.6 Å². The summed E-state index contributed by atoms with van der Waals surface area (Å²) in [4.78, 5) is 24.5. The Morgan fingerprint density at radius 1 is 1.00 bits per heavy atom. The number of nitrogens with zero attached hydrogens (tertiary/aromatic N) is 3. The molecule has 0 spiro atoms. The molecule has 2 heterocycles. The lowest BCUT2D eigenvalue weighted by Gasteiger charge is -2.10. The fraction of sp³-hybridized carbons (Fsp3) is 0.0476. The monoisotopic (exact) mass is 441 g/mol. The number of alkyl halides is 3. The lowest BCUT2D eigenvalue weighted by atomic mass is 10.1. The van der Waals surface area contributed by atoms with Gasteiger partial charge < -0.3 is 5.32 Å². The third-order valence-electron chi connectivity index (χ3n) is 4.23. The zero-order valence-electron chi connectivity index (χ0n) is 15.7. The van der Waals surface area contributed by atoms with Gasteiger partial charge in [-0.05, 0) is 36.4 Å². The number of thiazole rings is 1. The molecule has 156 valence electrons. The number of carbonyl (C=O) groups is 1. The van der Waals surface area contributed by atoms with Crippen molar-refractivity contribution < 1.29 is 18.0 Å². The van der Waals surface area contributed by atoms with Crippen molar-refractivity contribution >= 4 is 33.9 Å². The van der Waals surface area contributed by atoms with Gasteiger partial charge in [0.25, 0.3) is 5.91 Å². The second-order valence-electron chi connectivity index (χ2n) is 6.33. The van der Waals surface area contributed by atoms with Crippen LogP contribution in [0.25, 0.3) is 11.3 Å². The first-order chi connectivity index (χ1) is 14.9. The maximum absolute atomic E-state index is 13.2. The molecule has 6 nitrogen and oxygen atoms in total. The van der Waals surface area contributed by atoms with Gasteiger partial charge >= 0.3 is 6.18 Å². The van der Waals surface area contributed by atoms with E-state index in [0.717, 1.165) is 23.1 Å². The number of aromatic nitrogens is 3. The van der Waals surface area contributed by atoms with E-state index in [2.05, 4.69) is 25.6 Å². The molecule has 0 atom stereocenters. The zero-order valence-corrected chi connectivity index (χ0v) is 16.5. The van der Waals surface area contributed by atoms with E-state index in [4.69, 9.17) is 0 Å². The summed E-state index contributed by atoms with van der Waals surface area (Å²) >= 11 is 1.05. The van der Waals surface area contributed by atoms with Crippen LogP contribution in [-0.4, -0.2) is 20.9 Å². The van der Waals surface area contributed by atoms with Crippen molar-refractivity contribution in [3.8, 4) is 11.3 Å². The third kappa shape index (κ3) is 4.86. The van der Waals surface area contributed by atoms with Crippen LogP contribution in [0.15, 0.2) is 72.5 Å². The third-order valence-corrected chi connectivity index (χ3v) is 4.99. The van der Waals surface area contributed by atoms with E-state index in [1.807, 2.05) is 0 Å². The number of amides is 1. The lowest BCUT2D eigenvalue weighted by molar-refractivity contribution is -0.137. The molecule has 10 heteroatoms. The molecule has 0 aliphatic rings.